The van der Waals surface area contributed by atoms with Gasteiger partial charge in [0, 0.05) is 20.2 Å². The molecular weight excluding hydrogens is 438 g/mol. The van der Waals surface area contributed by atoms with E-state index in [9.17, 15) is 0 Å². The van der Waals surface area contributed by atoms with E-state index in [1.807, 2.05) is 6.07 Å². The number of pyridine rings is 1. The third-order valence-electron chi connectivity index (χ3n) is 2.32. The van der Waals surface area contributed by atoms with Crippen LogP contribution in [0.1, 0.15) is 5.69 Å². The van der Waals surface area contributed by atoms with Crippen LogP contribution in [-0.4, -0.2) is 4.98 Å². The molecule has 0 aliphatic carbocycles. The molecule has 0 saturated carbocycles. The van der Waals surface area contributed by atoms with E-state index in [0.29, 0.717) is 27.3 Å². The summed E-state index contributed by atoms with van der Waals surface area (Å²) in [4.78, 5) is 4.30. The highest BCUT2D eigenvalue weighted by molar-refractivity contribution is 9.11. The molecule has 19 heavy (non-hydrogen) atoms. The van der Waals surface area contributed by atoms with Gasteiger partial charge in [0.2, 0.25) is 0 Å². The van der Waals surface area contributed by atoms with Gasteiger partial charge in [-0.15, -0.1) is 0 Å². The monoisotopic (exact) mass is 442 g/mol. The molecule has 1 aromatic heterocycles. The molecule has 7 heteroatoms. The maximum Gasteiger partial charge on any atom is 0.0737 e. The standard InChI is InChI=1S/C12H7Br2Cl3N2/c13-6-1-8(14)11(18-4-6)5-19-12-9(16)2-7(15)3-10(12)17/h1-4,19H,5H2. The zero-order valence-corrected chi connectivity index (χ0v) is 14.8. The van der Waals surface area contributed by atoms with Gasteiger partial charge in [-0.2, -0.15) is 0 Å². The number of hydrogen-bond donors (Lipinski definition) is 1. The Hall–Kier alpha value is -0.000000000000000167. The summed E-state index contributed by atoms with van der Waals surface area (Å²) in [6.07, 6.45) is 1.73. The summed E-state index contributed by atoms with van der Waals surface area (Å²) in [5.74, 6) is 0. The molecule has 2 aromatic rings. The SMILES string of the molecule is Clc1cc(Cl)c(NCc2ncc(Br)cc2Br)c(Cl)c1. The van der Waals surface area contributed by atoms with Crippen molar-refractivity contribution in [2.75, 3.05) is 5.32 Å². The number of benzene rings is 1. The number of hydrogen-bond acceptors (Lipinski definition) is 2. The van der Waals surface area contributed by atoms with Crippen molar-refractivity contribution in [3.8, 4) is 0 Å². The normalized spacial score (nSPS) is 10.6. The van der Waals surface area contributed by atoms with Gasteiger partial charge >= 0.3 is 0 Å². The first-order valence-corrected chi connectivity index (χ1v) is 7.87. The molecule has 0 fully saturated rings. The second-order valence-electron chi connectivity index (χ2n) is 3.68. The van der Waals surface area contributed by atoms with Crippen LogP contribution in [0.2, 0.25) is 15.1 Å². The van der Waals surface area contributed by atoms with Crippen LogP contribution >= 0.6 is 66.7 Å². The molecule has 1 heterocycles. The fourth-order valence-electron chi connectivity index (χ4n) is 1.46. The summed E-state index contributed by atoms with van der Waals surface area (Å²) in [5, 5.41) is 4.61. The molecule has 1 aromatic carbocycles. The summed E-state index contributed by atoms with van der Waals surface area (Å²) >= 11 is 24.9. The molecule has 0 atom stereocenters. The lowest BCUT2D eigenvalue weighted by atomic mass is 10.3. The Labute approximate surface area is 142 Å². The van der Waals surface area contributed by atoms with Gasteiger partial charge in [-0.25, -0.2) is 0 Å². The number of rotatable bonds is 3. The zero-order chi connectivity index (χ0) is 14.0. The second-order valence-corrected chi connectivity index (χ2v) is 6.70. The number of nitrogens with zero attached hydrogens (tertiary/aromatic N) is 1. The summed E-state index contributed by atoms with van der Waals surface area (Å²) in [5.41, 5.74) is 1.50. The van der Waals surface area contributed by atoms with Crippen molar-refractivity contribution in [2.24, 2.45) is 0 Å². The molecule has 0 unspecified atom stereocenters. The summed E-state index contributed by atoms with van der Waals surface area (Å²) in [6.45, 7) is 0.495. The summed E-state index contributed by atoms with van der Waals surface area (Å²) < 4.78 is 1.81. The van der Waals surface area contributed by atoms with Crippen molar-refractivity contribution >= 4 is 72.4 Å². The maximum absolute atomic E-state index is 6.10. The predicted octanol–water partition coefficient (Wildman–Crippen LogP) is 6.18. The van der Waals surface area contributed by atoms with Crippen molar-refractivity contribution in [1.82, 2.24) is 4.98 Å². The molecule has 0 spiro atoms. The van der Waals surface area contributed by atoms with Gasteiger partial charge in [-0.1, -0.05) is 34.8 Å². The van der Waals surface area contributed by atoms with Gasteiger partial charge in [-0.05, 0) is 50.1 Å². The highest BCUT2D eigenvalue weighted by atomic mass is 79.9. The smallest absolute Gasteiger partial charge is 0.0737 e. The van der Waals surface area contributed by atoms with Gasteiger partial charge < -0.3 is 5.32 Å². The van der Waals surface area contributed by atoms with Gasteiger partial charge in [0.1, 0.15) is 0 Å². The average molecular weight is 445 g/mol. The quantitative estimate of drug-likeness (QED) is 0.611. The highest BCUT2D eigenvalue weighted by Gasteiger charge is 2.09. The second kappa shape index (κ2) is 6.64. The van der Waals surface area contributed by atoms with Crippen LogP contribution in [0.25, 0.3) is 0 Å². The number of halogens is 5. The lowest BCUT2D eigenvalue weighted by Crippen LogP contribution is -2.03. The van der Waals surface area contributed by atoms with Crippen molar-refractivity contribution in [3.05, 3.63) is 54.1 Å². The Morgan fingerprint density at radius 3 is 2.26 bits per heavy atom. The van der Waals surface area contributed by atoms with Crippen LogP contribution in [0.3, 0.4) is 0 Å². The van der Waals surface area contributed by atoms with Crippen molar-refractivity contribution in [2.45, 2.75) is 6.54 Å². The van der Waals surface area contributed by atoms with E-state index in [-0.39, 0.29) is 0 Å². The Kier molecular flexibility index (Phi) is 5.37. The first-order valence-electron chi connectivity index (χ1n) is 5.15. The molecule has 2 rings (SSSR count). The molecular formula is C12H7Br2Cl3N2. The first-order chi connectivity index (χ1) is 8.97. The lowest BCUT2D eigenvalue weighted by Gasteiger charge is -2.11. The van der Waals surface area contributed by atoms with E-state index in [1.54, 1.807) is 18.3 Å². The Bertz CT molecular complexity index is 597. The maximum atomic E-state index is 6.10. The molecule has 0 radical (unpaired) electrons. The van der Waals surface area contributed by atoms with Crippen LogP contribution in [-0.2, 0) is 6.54 Å². The van der Waals surface area contributed by atoms with Gasteiger partial charge in [0.15, 0.2) is 0 Å². The number of aromatic nitrogens is 1. The van der Waals surface area contributed by atoms with E-state index < -0.39 is 0 Å². The minimum atomic E-state index is 0.478. The number of nitrogens with one attached hydrogen (secondary N) is 1. The predicted molar refractivity (Wildman–Crippen MR) is 88.4 cm³/mol. The van der Waals surface area contributed by atoms with Crippen LogP contribution in [0, 0.1) is 0 Å². The van der Waals surface area contributed by atoms with Gasteiger partial charge in [0.05, 0.1) is 28.0 Å². The van der Waals surface area contributed by atoms with Gasteiger partial charge in [-0.3, -0.25) is 4.98 Å². The van der Waals surface area contributed by atoms with Crippen LogP contribution in [0.15, 0.2) is 33.3 Å². The molecule has 2 nitrogen and oxygen atoms in total. The molecule has 0 saturated heterocycles. The third-order valence-corrected chi connectivity index (χ3v) is 4.26. The Morgan fingerprint density at radius 1 is 1.05 bits per heavy atom. The fourth-order valence-corrected chi connectivity index (χ4v) is 3.53. The van der Waals surface area contributed by atoms with Crippen LogP contribution in [0.5, 0.6) is 0 Å². The topological polar surface area (TPSA) is 24.9 Å². The largest absolute Gasteiger partial charge is 0.377 e. The van der Waals surface area contributed by atoms with Crippen molar-refractivity contribution < 1.29 is 0 Å². The molecule has 0 bridgehead atoms. The van der Waals surface area contributed by atoms with E-state index in [0.717, 1.165) is 14.6 Å². The van der Waals surface area contributed by atoms with E-state index in [1.165, 1.54) is 0 Å². The van der Waals surface area contributed by atoms with Crippen molar-refractivity contribution in [1.29, 1.82) is 0 Å². The van der Waals surface area contributed by atoms with Crippen LogP contribution < -0.4 is 5.32 Å². The summed E-state index contributed by atoms with van der Waals surface area (Å²) in [7, 11) is 0. The lowest BCUT2D eigenvalue weighted by molar-refractivity contribution is 1.03. The zero-order valence-electron chi connectivity index (χ0n) is 9.35. The van der Waals surface area contributed by atoms with Crippen LogP contribution in [0.4, 0.5) is 5.69 Å². The van der Waals surface area contributed by atoms with Gasteiger partial charge in [0.25, 0.3) is 0 Å². The minimum absolute atomic E-state index is 0.478. The molecule has 100 valence electrons. The van der Waals surface area contributed by atoms with E-state index in [2.05, 4.69) is 42.2 Å². The minimum Gasteiger partial charge on any atom is -0.377 e. The molecule has 0 amide bonds. The third kappa shape index (κ3) is 3.99. The fraction of sp³-hybridized carbons (Fsp3) is 0.0833. The molecule has 1 N–H and O–H groups in total. The highest BCUT2D eigenvalue weighted by Crippen LogP contribution is 2.34. The van der Waals surface area contributed by atoms with E-state index >= 15 is 0 Å². The molecule has 0 aliphatic heterocycles. The summed E-state index contributed by atoms with van der Waals surface area (Å²) in [6, 6.07) is 5.21. The van der Waals surface area contributed by atoms with E-state index in [4.69, 9.17) is 34.8 Å². The van der Waals surface area contributed by atoms with Crippen molar-refractivity contribution in [3.63, 3.8) is 0 Å². The average Bonchev–Trinajstić information content (AvgIpc) is 2.30. The first kappa shape index (κ1) is 15.4. The number of anilines is 1. The Morgan fingerprint density at radius 2 is 1.68 bits per heavy atom. The molecule has 0 aliphatic rings. The Balaban J connectivity index is 2.19.